The molecule has 3 heteroatoms. The van der Waals surface area contributed by atoms with E-state index in [9.17, 15) is 4.79 Å². The number of rotatable bonds is 0. The van der Waals surface area contributed by atoms with Crippen LogP contribution in [0.1, 0.15) is 6.92 Å². The van der Waals surface area contributed by atoms with Crippen molar-refractivity contribution < 1.29 is 4.79 Å². The van der Waals surface area contributed by atoms with Crippen LogP contribution in [-0.4, -0.2) is 9.81 Å². The fraction of sp³-hybridized carbons (Fsp3) is 0.333. The Kier molecular flexibility index (Phi) is 3.57. The van der Waals surface area contributed by atoms with Crippen molar-refractivity contribution in [2.45, 2.75) is 6.92 Å². The Bertz CT molecular complexity index is 76.9. The Morgan fingerprint density at radius 1 is 2.00 bits per heavy atom. The van der Waals surface area contributed by atoms with Crippen molar-refractivity contribution in [2.75, 3.05) is 0 Å². The normalized spacial score (nSPS) is 11.0. The molecule has 6 heavy (non-hydrogen) atoms. The van der Waals surface area contributed by atoms with Crippen LogP contribution < -0.4 is 0 Å². The average molecular weight is 122 g/mol. The largest absolute Gasteiger partial charge is 0.276 e. The minimum Gasteiger partial charge on any atom is -0.276 e. The number of hydrogen-bond acceptors (Lipinski definition) is 1. The lowest BCUT2D eigenvalue weighted by molar-refractivity contribution is 0.277. The van der Waals surface area contributed by atoms with Gasteiger partial charge in [0.15, 0.2) is 0 Å². The lowest BCUT2D eigenvalue weighted by atomic mass is 11.0. The summed E-state index contributed by atoms with van der Waals surface area (Å²) in [7, 11) is 0. The monoisotopic (exact) mass is 122 g/mol. The zero-order valence-electron chi connectivity index (χ0n) is 3.38. The molecule has 0 aliphatic heterocycles. The maximum Gasteiger partial charge on any atom is 0.234 e. The van der Waals surface area contributed by atoms with Gasteiger partial charge in [0, 0.05) is 0 Å². The molecule has 0 N–H and O–H groups in total. The number of thiol groups is 2. The van der Waals surface area contributed by atoms with Gasteiger partial charge in [-0.3, -0.25) is 4.79 Å². The van der Waals surface area contributed by atoms with Gasteiger partial charge < -0.3 is 0 Å². The van der Waals surface area contributed by atoms with E-state index in [-0.39, 0.29) is 4.45 Å². The summed E-state index contributed by atoms with van der Waals surface area (Å²) >= 11 is 4.17. The van der Waals surface area contributed by atoms with E-state index >= 15 is 0 Å². The van der Waals surface area contributed by atoms with Crippen molar-refractivity contribution in [1.82, 2.24) is 0 Å². The molecule has 0 aliphatic rings. The van der Waals surface area contributed by atoms with Crippen molar-refractivity contribution in [3.8, 4) is 0 Å². The van der Waals surface area contributed by atoms with E-state index < -0.39 is 0 Å². The molecule has 1 nitrogen and oxygen atoms in total. The summed E-state index contributed by atoms with van der Waals surface area (Å²) < 4.78 is -0.0995. The third-order valence-corrected chi connectivity index (χ3v) is 1.07. The molecule has 36 valence electrons. The molecule has 0 spiro atoms. The van der Waals surface area contributed by atoms with Crippen LogP contribution in [0.15, 0.2) is 0 Å². The third kappa shape index (κ3) is 4.24. The van der Waals surface area contributed by atoms with Gasteiger partial charge in [0.2, 0.25) is 4.45 Å². The van der Waals surface area contributed by atoms with Gasteiger partial charge in [-0.25, -0.2) is 0 Å². The van der Waals surface area contributed by atoms with E-state index in [0.717, 1.165) is 0 Å². The smallest absolute Gasteiger partial charge is 0.234 e. The molecule has 0 amide bonds. The SMILES string of the molecule is CC=[SH]C(=O)S. The molecule has 0 aliphatic carbocycles. The summed E-state index contributed by atoms with van der Waals surface area (Å²) in [6.07, 6.45) is 0. The molecule has 0 fully saturated rings. The Labute approximate surface area is 46.1 Å². The van der Waals surface area contributed by atoms with Gasteiger partial charge in [0.05, 0.1) is 0 Å². The number of hydrogen-bond donors (Lipinski definition) is 2. The number of carbonyl (C=O) groups is 1. The molecule has 0 aromatic carbocycles. The second kappa shape index (κ2) is 3.43. The van der Waals surface area contributed by atoms with E-state index in [4.69, 9.17) is 0 Å². The summed E-state index contributed by atoms with van der Waals surface area (Å²) in [5.41, 5.74) is 0. The molecule has 0 aromatic heterocycles. The molecule has 0 atom stereocenters. The second-order valence-corrected chi connectivity index (χ2v) is 2.61. The van der Waals surface area contributed by atoms with E-state index in [2.05, 4.69) is 12.6 Å². The molecule has 0 saturated carbocycles. The van der Waals surface area contributed by atoms with Gasteiger partial charge in [0.1, 0.15) is 0 Å². The van der Waals surface area contributed by atoms with Crippen LogP contribution in [0.25, 0.3) is 0 Å². The molecule has 0 aromatic rings. The topological polar surface area (TPSA) is 17.1 Å². The molecule has 0 heterocycles. The van der Waals surface area contributed by atoms with Crippen molar-refractivity contribution >= 4 is 33.8 Å². The van der Waals surface area contributed by atoms with Gasteiger partial charge in [-0.15, -0.1) is 11.4 Å². The fourth-order valence-corrected chi connectivity index (χ4v) is 0.678. The Morgan fingerprint density at radius 3 is 2.50 bits per heavy atom. The third-order valence-electron chi connectivity index (χ3n) is 0.240. The lowest BCUT2D eigenvalue weighted by Gasteiger charge is -1.68. The zero-order chi connectivity index (χ0) is 4.99. The van der Waals surface area contributed by atoms with Gasteiger partial charge >= 0.3 is 0 Å². The molecule has 0 saturated heterocycles. The zero-order valence-corrected chi connectivity index (χ0v) is 5.17. The Hall–Kier alpha value is 0.240. The summed E-state index contributed by atoms with van der Waals surface area (Å²) in [5, 5.41) is 1.75. The minimum absolute atomic E-state index is 0.0995. The second-order valence-electron chi connectivity index (χ2n) is 0.670. The molecule has 0 bridgehead atoms. The van der Waals surface area contributed by atoms with Gasteiger partial charge in [-0.2, -0.15) is 0 Å². The summed E-state index contributed by atoms with van der Waals surface area (Å²) in [6.45, 7) is 1.82. The average Bonchev–Trinajstić information content (AvgIpc) is 1.35. The maximum absolute atomic E-state index is 9.86. The summed E-state index contributed by atoms with van der Waals surface area (Å²) in [6, 6.07) is 0. The Balaban J connectivity index is 3.30. The first-order chi connectivity index (χ1) is 2.77. The van der Waals surface area contributed by atoms with Crippen LogP contribution in [0.5, 0.6) is 0 Å². The first-order valence-electron chi connectivity index (χ1n) is 1.49. The van der Waals surface area contributed by atoms with Crippen LogP contribution >= 0.6 is 24.0 Å². The lowest BCUT2D eigenvalue weighted by Crippen LogP contribution is -1.60. The maximum atomic E-state index is 9.86. The Morgan fingerprint density at radius 2 is 2.50 bits per heavy atom. The predicted octanol–water partition coefficient (Wildman–Crippen LogP) is 1.32. The first-order valence-corrected chi connectivity index (χ1v) is 2.90. The van der Waals surface area contributed by atoms with Crippen LogP contribution in [0.2, 0.25) is 0 Å². The molecule has 0 unspecified atom stereocenters. The predicted molar refractivity (Wildman–Crippen MR) is 35.1 cm³/mol. The first kappa shape index (κ1) is 6.24. The van der Waals surface area contributed by atoms with E-state index in [1.54, 1.807) is 5.37 Å². The van der Waals surface area contributed by atoms with Crippen molar-refractivity contribution in [1.29, 1.82) is 0 Å². The van der Waals surface area contributed by atoms with Gasteiger partial charge in [-0.05, 0) is 6.92 Å². The van der Waals surface area contributed by atoms with Gasteiger partial charge in [0.25, 0.3) is 0 Å². The van der Waals surface area contributed by atoms with Crippen molar-refractivity contribution in [2.24, 2.45) is 0 Å². The van der Waals surface area contributed by atoms with E-state index in [1.807, 2.05) is 6.92 Å². The molecule has 0 rings (SSSR count). The standard InChI is InChI=1S/C3H6OS2/c1-2-6-3(4)5/h2,6H,1H3,(H,4,5). The molecular formula is C3H6OS2. The molecule has 0 radical (unpaired) electrons. The highest BCUT2D eigenvalue weighted by molar-refractivity contribution is 8.30. The van der Waals surface area contributed by atoms with Crippen LogP contribution in [0.3, 0.4) is 0 Å². The van der Waals surface area contributed by atoms with E-state index in [0.29, 0.717) is 11.4 Å². The van der Waals surface area contributed by atoms with Crippen LogP contribution in [0, 0.1) is 0 Å². The number of carbonyl (C=O) groups excluding carboxylic acids is 1. The highest BCUT2D eigenvalue weighted by Crippen LogP contribution is 1.91. The van der Waals surface area contributed by atoms with Crippen molar-refractivity contribution in [3.63, 3.8) is 0 Å². The molecular weight excluding hydrogens is 116 g/mol. The van der Waals surface area contributed by atoms with Gasteiger partial charge in [-0.1, -0.05) is 18.0 Å². The van der Waals surface area contributed by atoms with E-state index in [1.165, 1.54) is 0 Å². The van der Waals surface area contributed by atoms with Crippen LogP contribution in [0.4, 0.5) is 4.79 Å². The van der Waals surface area contributed by atoms with Crippen molar-refractivity contribution in [3.05, 3.63) is 0 Å². The minimum atomic E-state index is -0.0995. The highest BCUT2D eigenvalue weighted by atomic mass is 32.2. The summed E-state index contributed by atoms with van der Waals surface area (Å²) in [4.78, 5) is 9.86. The fourth-order valence-electron chi connectivity index (χ4n) is 0.110. The van der Waals surface area contributed by atoms with Crippen LogP contribution in [-0.2, 0) is 0 Å². The quantitative estimate of drug-likeness (QED) is 0.366. The highest BCUT2D eigenvalue weighted by Gasteiger charge is 1.73. The summed E-state index contributed by atoms with van der Waals surface area (Å²) in [5.74, 6) is 0.